The lowest BCUT2D eigenvalue weighted by Crippen LogP contribution is -2.19. The summed E-state index contributed by atoms with van der Waals surface area (Å²) in [4.78, 5) is 12.3. The van der Waals surface area contributed by atoms with Crippen molar-refractivity contribution in [2.45, 2.75) is 17.1 Å². The minimum Gasteiger partial charge on any atom is -0.279 e. The monoisotopic (exact) mass is 411 g/mol. The fourth-order valence-electron chi connectivity index (χ4n) is 3.02. The number of nitrogens with zero attached hydrogens (tertiary/aromatic N) is 1. The van der Waals surface area contributed by atoms with Crippen LogP contribution in [0.5, 0.6) is 0 Å². The second kappa shape index (κ2) is 7.57. The highest BCUT2D eigenvalue weighted by Crippen LogP contribution is 2.22. The number of sulfonamides is 1. The van der Waals surface area contributed by atoms with E-state index in [4.69, 9.17) is 0 Å². The van der Waals surface area contributed by atoms with Crippen molar-refractivity contribution in [1.29, 1.82) is 0 Å². The Morgan fingerprint density at radius 1 is 0.964 bits per heavy atom. The lowest BCUT2D eigenvalue weighted by atomic mass is 10.1. The summed E-state index contributed by atoms with van der Waals surface area (Å²) in [6, 6.07) is 17.5. The summed E-state index contributed by atoms with van der Waals surface area (Å²) in [6.45, 7) is 0. The van der Waals surface area contributed by atoms with Gasteiger partial charge in [0.1, 0.15) is 4.21 Å². The first kappa shape index (κ1) is 18.4. The molecular formula is C20H17N3O3S2. The topological polar surface area (TPSA) is 87.6 Å². The van der Waals surface area contributed by atoms with E-state index in [1.54, 1.807) is 35.7 Å². The first-order valence-corrected chi connectivity index (χ1v) is 11.0. The van der Waals surface area contributed by atoms with E-state index in [-0.39, 0.29) is 10.1 Å². The number of benzene rings is 2. The molecule has 1 amide bonds. The molecule has 0 unspecified atom stereocenters. The van der Waals surface area contributed by atoms with E-state index in [9.17, 15) is 13.2 Å². The quantitative estimate of drug-likeness (QED) is 0.629. The molecule has 0 fully saturated rings. The van der Waals surface area contributed by atoms with Gasteiger partial charge >= 0.3 is 0 Å². The highest BCUT2D eigenvalue weighted by molar-refractivity contribution is 7.94. The number of fused-ring (bicyclic) bond motifs is 1. The molecule has 0 saturated heterocycles. The molecule has 0 aliphatic heterocycles. The number of rotatable bonds is 5. The standard InChI is InChI=1S/C20H17N3O3S2/c24-20(22-21-18-12-9-14-4-1-2-5-17(14)18)15-7-10-16(11-8-15)23-28(25,26)19-6-3-13-27-19/h1-8,10-11,13,23H,9,12H2,(H,22,24). The fourth-order valence-corrected chi connectivity index (χ4v) is 5.07. The number of thiophene rings is 1. The Balaban J connectivity index is 1.43. The number of anilines is 1. The normalized spacial score (nSPS) is 14.6. The Hall–Kier alpha value is -2.97. The van der Waals surface area contributed by atoms with Crippen molar-refractivity contribution in [3.05, 3.63) is 82.7 Å². The van der Waals surface area contributed by atoms with Crippen LogP contribution in [0, 0.1) is 0 Å². The van der Waals surface area contributed by atoms with Crippen molar-refractivity contribution in [3.8, 4) is 0 Å². The van der Waals surface area contributed by atoms with Gasteiger partial charge in [0.2, 0.25) is 0 Å². The number of hydrazone groups is 1. The minimum absolute atomic E-state index is 0.238. The molecule has 8 heteroatoms. The van der Waals surface area contributed by atoms with Gasteiger partial charge in [0.05, 0.1) is 5.71 Å². The summed E-state index contributed by atoms with van der Waals surface area (Å²) in [7, 11) is -3.61. The first-order valence-electron chi connectivity index (χ1n) is 8.64. The molecule has 0 bridgehead atoms. The molecule has 1 aromatic heterocycles. The molecule has 1 heterocycles. The van der Waals surface area contributed by atoms with Gasteiger partial charge in [-0.1, -0.05) is 30.3 Å². The van der Waals surface area contributed by atoms with Gasteiger partial charge in [0.15, 0.2) is 0 Å². The number of carbonyl (C=O) groups excluding carboxylic acids is 1. The molecular weight excluding hydrogens is 394 g/mol. The largest absolute Gasteiger partial charge is 0.279 e. The van der Waals surface area contributed by atoms with E-state index in [1.165, 1.54) is 11.6 Å². The predicted octanol–water partition coefficient (Wildman–Crippen LogP) is 3.63. The van der Waals surface area contributed by atoms with E-state index in [0.29, 0.717) is 11.3 Å². The van der Waals surface area contributed by atoms with E-state index < -0.39 is 10.0 Å². The molecule has 2 N–H and O–H groups in total. The number of nitrogens with one attached hydrogen (secondary N) is 2. The number of hydrogen-bond acceptors (Lipinski definition) is 5. The molecule has 0 saturated carbocycles. The molecule has 3 aromatic rings. The van der Waals surface area contributed by atoms with Gasteiger partial charge < -0.3 is 0 Å². The molecule has 0 spiro atoms. The predicted molar refractivity (Wildman–Crippen MR) is 110 cm³/mol. The molecule has 2 aromatic carbocycles. The fraction of sp³-hybridized carbons (Fsp3) is 0.100. The maximum Gasteiger partial charge on any atom is 0.271 e. The van der Waals surface area contributed by atoms with E-state index in [1.807, 2.05) is 18.2 Å². The van der Waals surface area contributed by atoms with E-state index in [2.05, 4.69) is 21.3 Å². The zero-order valence-electron chi connectivity index (χ0n) is 14.8. The van der Waals surface area contributed by atoms with Crippen LogP contribution >= 0.6 is 11.3 Å². The average molecular weight is 412 g/mol. The number of aryl methyl sites for hydroxylation is 1. The smallest absolute Gasteiger partial charge is 0.271 e. The van der Waals surface area contributed by atoms with Crippen molar-refractivity contribution in [1.82, 2.24) is 5.43 Å². The summed E-state index contributed by atoms with van der Waals surface area (Å²) >= 11 is 1.14. The van der Waals surface area contributed by atoms with Crippen molar-refractivity contribution >= 4 is 38.7 Å². The van der Waals surface area contributed by atoms with Crippen LogP contribution < -0.4 is 10.1 Å². The van der Waals surface area contributed by atoms with Gasteiger partial charge in [0.25, 0.3) is 15.9 Å². The molecule has 0 radical (unpaired) electrons. The summed E-state index contributed by atoms with van der Waals surface area (Å²) < 4.78 is 27.2. The second-order valence-corrected chi connectivity index (χ2v) is 9.13. The van der Waals surface area contributed by atoms with Gasteiger partial charge in [0, 0.05) is 16.8 Å². The maximum absolute atomic E-state index is 12.3. The average Bonchev–Trinajstić information content (AvgIpc) is 3.37. The molecule has 142 valence electrons. The van der Waals surface area contributed by atoms with Crippen LogP contribution in [-0.2, 0) is 16.4 Å². The van der Waals surface area contributed by atoms with Crippen LogP contribution in [0.1, 0.15) is 27.9 Å². The zero-order chi connectivity index (χ0) is 19.6. The Morgan fingerprint density at radius 2 is 1.75 bits per heavy atom. The van der Waals surface area contributed by atoms with Crippen molar-refractivity contribution in [3.63, 3.8) is 0 Å². The Kier molecular flexibility index (Phi) is 4.97. The van der Waals surface area contributed by atoms with E-state index in [0.717, 1.165) is 35.5 Å². The van der Waals surface area contributed by atoms with Crippen LogP contribution in [0.25, 0.3) is 0 Å². The van der Waals surface area contributed by atoms with Crippen LogP contribution in [0.4, 0.5) is 5.69 Å². The number of hydrogen-bond donors (Lipinski definition) is 2. The highest BCUT2D eigenvalue weighted by Gasteiger charge is 2.18. The maximum atomic E-state index is 12.3. The second-order valence-electron chi connectivity index (χ2n) is 6.27. The van der Waals surface area contributed by atoms with Gasteiger partial charge in [-0.05, 0) is 54.1 Å². The Labute approximate surface area is 167 Å². The van der Waals surface area contributed by atoms with Crippen molar-refractivity contribution in [2.24, 2.45) is 5.10 Å². The lowest BCUT2D eigenvalue weighted by molar-refractivity contribution is 0.0955. The van der Waals surface area contributed by atoms with Crippen LogP contribution in [-0.4, -0.2) is 20.0 Å². The minimum atomic E-state index is -3.61. The third-order valence-corrected chi connectivity index (χ3v) is 7.19. The van der Waals surface area contributed by atoms with Crippen LogP contribution in [0.3, 0.4) is 0 Å². The first-order chi connectivity index (χ1) is 13.5. The van der Waals surface area contributed by atoms with E-state index >= 15 is 0 Å². The number of carbonyl (C=O) groups is 1. The Bertz CT molecular complexity index is 1140. The molecule has 1 aliphatic carbocycles. The van der Waals surface area contributed by atoms with Gasteiger partial charge in [-0.25, -0.2) is 13.8 Å². The van der Waals surface area contributed by atoms with Gasteiger partial charge in [-0.3, -0.25) is 9.52 Å². The summed E-state index contributed by atoms with van der Waals surface area (Å²) in [5.41, 5.74) is 6.54. The molecule has 4 rings (SSSR count). The molecule has 6 nitrogen and oxygen atoms in total. The third-order valence-electron chi connectivity index (χ3n) is 4.41. The summed E-state index contributed by atoms with van der Waals surface area (Å²) in [6.07, 6.45) is 1.72. The SMILES string of the molecule is O=C(NN=C1CCc2ccccc21)c1ccc(NS(=O)(=O)c2cccs2)cc1. The third kappa shape index (κ3) is 3.83. The van der Waals surface area contributed by atoms with Crippen LogP contribution in [0.2, 0.25) is 0 Å². The highest BCUT2D eigenvalue weighted by atomic mass is 32.2. The van der Waals surface area contributed by atoms with Crippen molar-refractivity contribution < 1.29 is 13.2 Å². The lowest BCUT2D eigenvalue weighted by Gasteiger charge is -2.07. The van der Waals surface area contributed by atoms with Crippen molar-refractivity contribution in [2.75, 3.05) is 4.72 Å². The zero-order valence-corrected chi connectivity index (χ0v) is 16.4. The number of amides is 1. The molecule has 1 aliphatic rings. The van der Waals surface area contributed by atoms with Gasteiger partial charge in [-0.2, -0.15) is 5.10 Å². The van der Waals surface area contributed by atoms with Crippen LogP contribution in [0.15, 0.2) is 75.4 Å². The molecule has 0 atom stereocenters. The summed E-state index contributed by atoms with van der Waals surface area (Å²) in [5.74, 6) is -0.343. The Morgan fingerprint density at radius 3 is 2.50 bits per heavy atom. The molecule has 28 heavy (non-hydrogen) atoms. The van der Waals surface area contributed by atoms with Gasteiger partial charge in [-0.15, -0.1) is 11.3 Å². The summed E-state index contributed by atoms with van der Waals surface area (Å²) in [5, 5.41) is 5.96.